The molecule has 0 fully saturated rings. The van der Waals surface area contributed by atoms with Gasteiger partial charge in [0.05, 0.1) is 17.2 Å². The minimum atomic E-state index is -0.586. The van der Waals surface area contributed by atoms with Crippen LogP contribution in [0, 0.1) is 11.3 Å². The number of rotatable bonds is 5. The lowest BCUT2D eigenvalue weighted by atomic mass is 9.98. The molecule has 0 radical (unpaired) electrons. The number of hydrogen-bond donors (Lipinski definition) is 0. The highest BCUT2D eigenvalue weighted by Crippen LogP contribution is 2.18. The Morgan fingerprint density at radius 3 is 2.15 bits per heavy atom. The average molecular weight is 376 g/mol. The van der Waals surface area contributed by atoms with Gasteiger partial charge in [0.1, 0.15) is 6.61 Å². The fourth-order valence-corrected chi connectivity index (χ4v) is 2.64. The van der Waals surface area contributed by atoms with Crippen molar-refractivity contribution in [1.29, 1.82) is 5.26 Å². The summed E-state index contributed by atoms with van der Waals surface area (Å²) in [7, 11) is 0. The van der Waals surface area contributed by atoms with E-state index >= 15 is 0 Å². The maximum atomic E-state index is 12.7. The van der Waals surface area contributed by atoms with E-state index in [0.717, 1.165) is 5.56 Å². The maximum absolute atomic E-state index is 12.7. The molecule has 0 spiro atoms. The summed E-state index contributed by atoms with van der Waals surface area (Å²) in [6.07, 6.45) is 0. The number of esters is 1. The van der Waals surface area contributed by atoms with Gasteiger partial charge in [-0.1, -0.05) is 41.9 Å². The SMILES string of the molecule is N#Cc1ccc(COC(=O)c2ccccc2C(=O)c2ccc(Cl)cc2)cc1. The molecule has 0 amide bonds. The monoisotopic (exact) mass is 375 g/mol. The molecule has 0 unspecified atom stereocenters. The van der Waals surface area contributed by atoms with Crippen LogP contribution in [-0.2, 0) is 11.3 Å². The molecule has 0 aliphatic carbocycles. The third-order valence-corrected chi connectivity index (χ3v) is 4.20. The van der Waals surface area contributed by atoms with Crippen molar-refractivity contribution in [2.45, 2.75) is 6.61 Å². The van der Waals surface area contributed by atoms with Crippen molar-refractivity contribution in [2.75, 3.05) is 0 Å². The van der Waals surface area contributed by atoms with Crippen LogP contribution in [0.15, 0.2) is 72.8 Å². The maximum Gasteiger partial charge on any atom is 0.339 e. The summed E-state index contributed by atoms with van der Waals surface area (Å²) in [4.78, 5) is 25.3. The third kappa shape index (κ3) is 4.41. The van der Waals surface area contributed by atoms with E-state index in [0.29, 0.717) is 16.1 Å². The normalized spacial score (nSPS) is 10.1. The Kier molecular flexibility index (Phi) is 5.65. The van der Waals surface area contributed by atoms with Crippen LogP contribution in [0.4, 0.5) is 0 Å². The van der Waals surface area contributed by atoms with Crippen LogP contribution in [0.5, 0.6) is 0 Å². The van der Waals surface area contributed by atoms with Crippen molar-refractivity contribution in [3.63, 3.8) is 0 Å². The molecule has 3 aromatic rings. The first-order valence-electron chi connectivity index (χ1n) is 8.14. The van der Waals surface area contributed by atoms with Gasteiger partial charge in [-0.3, -0.25) is 4.79 Å². The summed E-state index contributed by atoms with van der Waals surface area (Å²) in [6.45, 7) is 0.0496. The molecule has 132 valence electrons. The van der Waals surface area contributed by atoms with Crippen LogP contribution in [0.3, 0.4) is 0 Å². The van der Waals surface area contributed by atoms with Gasteiger partial charge in [-0.15, -0.1) is 0 Å². The zero-order valence-electron chi connectivity index (χ0n) is 14.2. The van der Waals surface area contributed by atoms with E-state index in [2.05, 4.69) is 0 Å². The van der Waals surface area contributed by atoms with Gasteiger partial charge in [-0.05, 0) is 48.0 Å². The zero-order chi connectivity index (χ0) is 19.2. The number of nitriles is 1. The molecule has 0 N–H and O–H groups in total. The molecule has 3 aromatic carbocycles. The van der Waals surface area contributed by atoms with E-state index in [-0.39, 0.29) is 23.5 Å². The molecular weight excluding hydrogens is 362 g/mol. The van der Waals surface area contributed by atoms with E-state index in [9.17, 15) is 9.59 Å². The predicted molar refractivity (Wildman–Crippen MR) is 102 cm³/mol. The highest BCUT2D eigenvalue weighted by atomic mass is 35.5. The zero-order valence-corrected chi connectivity index (χ0v) is 14.9. The van der Waals surface area contributed by atoms with Crippen LogP contribution >= 0.6 is 11.6 Å². The van der Waals surface area contributed by atoms with Crippen molar-refractivity contribution in [3.05, 3.63) is 106 Å². The lowest BCUT2D eigenvalue weighted by Gasteiger charge is -2.09. The number of hydrogen-bond acceptors (Lipinski definition) is 4. The molecule has 0 aliphatic heterocycles. The highest BCUT2D eigenvalue weighted by Gasteiger charge is 2.19. The summed E-state index contributed by atoms with van der Waals surface area (Å²) in [5.41, 5.74) is 2.19. The van der Waals surface area contributed by atoms with Crippen molar-refractivity contribution in [3.8, 4) is 6.07 Å². The standard InChI is InChI=1S/C22H14ClNO3/c23-18-11-9-17(10-12-18)21(25)19-3-1-2-4-20(19)22(26)27-14-16-7-5-15(13-24)6-8-16/h1-12H,14H2. The van der Waals surface area contributed by atoms with Gasteiger partial charge in [0, 0.05) is 16.1 Å². The molecule has 0 aromatic heterocycles. The molecule has 4 nitrogen and oxygen atoms in total. The lowest BCUT2D eigenvalue weighted by molar-refractivity contribution is 0.0470. The molecule has 0 aliphatic rings. The Morgan fingerprint density at radius 2 is 1.52 bits per heavy atom. The quantitative estimate of drug-likeness (QED) is 0.474. The fourth-order valence-electron chi connectivity index (χ4n) is 2.52. The van der Waals surface area contributed by atoms with Gasteiger partial charge in [0.2, 0.25) is 0 Å². The van der Waals surface area contributed by atoms with E-state index in [1.807, 2.05) is 6.07 Å². The molecule has 3 rings (SSSR count). The predicted octanol–water partition coefficient (Wildman–Crippen LogP) is 4.80. The second-order valence-electron chi connectivity index (χ2n) is 5.77. The molecule has 0 saturated heterocycles. The Balaban J connectivity index is 1.78. The Bertz CT molecular complexity index is 1020. The smallest absolute Gasteiger partial charge is 0.339 e. The Morgan fingerprint density at radius 1 is 0.889 bits per heavy atom. The van der Waals surface area contributed by atoms with E-state index in [1.165, 1.54) is 0 Å². The van der Waals surface area contributed by atoms with Gasteiger partial charge in [-0.25, -0.2) is 4.79 Å². The third-order valence-electron chi connectivity index (χ3n) is 3.95. The van der Waals surface area contributed by atoms with E-state index in [4.69, 9.17) is 21.6 Å². The number of carbonyl (C=O) groups excluding carboxylic acids is 2. The van der Waals surface area contributed by atoms with Gasteiger partial charge in [0.25, 0.3) is 0 Å². The van der Waals surface area contributed by atoms with Crippen LogP contribution in [0.1, 0.15) is 37.4 Å². The van der Waals surface area contributed by atoms with Crippen molar-refractivity contribution >= 4 is 23.4 Å². The second-order valence-corrected chi connectivity index (χ2v) is 6.20. The number of ketones is 1. The molecular formula is C22H14ClNO3. The molecule has 0 atom stereocenters. The van der Waals surface area contributed by atoms with Crippen LogP contribution < -0.4 is 0 Å². The first kappa shape index (κ1) is 18.4. The molecule has 5 heteroatoms. The minimum absolute atomic E-state index is 0.0496. The van der Waals surface area contributed by atoms with E-state index < -0.39 is 5.97 Å². The minimum Gasteiger partial charge on any atom is -0.457 e. The highest BCUT2D eigenvalue weighted by molar-refractivity contribution is 6.30. The molecule has 0 saturated carbocycles. The summed E-state index contributed by atoms with van der Waals surface area (Å²) in [6, 6.07) is 21.8. The summed E-state index contributed by atoms with van der Waals surface area (Å²) >= 11 is 5.86. The second kappa shape index (κ2) is 8.31. The van der Waals surface area contributed by atoms with Crippen LogP contribution in [0.2, 0.25) is 5.02 Å². The number of nitrogens with zero attached hydrogens (tertiary/aromatic N) is 1. The van der Waals surface area contributed by atoms with Crippen molar-refractivity contribution < 1.29 is 14.3 Å². The Labute approximate surface area is 161 Å². The van der Waals surface area contributed by atoms with Gasteiger partial charge in [-0.2, -0.15) is 5.26 Å². The summed E-state index contributed by atoms with van der Waals surface area (Å²) in [5.74, 6) is -0.866. The number of carbonyl (C=O) groups is 2. The van der Waals surface area contributed by atoms with Crippen LogP contribution in [0.25, 0.3) is 0 Å². The van der Waals surface area contributed by atoms with Crippen LogP contribution in [-0.4, -0.2) is 11.8 Å². The van der Waals surface area contributed by atoms with Crippen molar-refractivity contribution in [1.82, 2.24) is 0 Å². The largest absolute Gasteiger partial charge is 0.457 e. The van der Waals surface area contributed by atoms with Gasteiger partial charge in [0.15, 0.2) is 5.78 Å². The number of benzene rings is 3. The molecule has 0 heterocycles. The summed E-state index contributed by atoms with van der Waals surface area (Å²) in [5, 5.41) is 9.34. The van der Waals surface area contributed by atoms with E-state index in [1.54, 1.807) is 72.8 Å². The Hall–Kier alpha value is -3.42. The topological polar surface area (TPSA) is 67.2 Å². The molecule has 0 bridgehead atoms. The average Bonchev–Trinajstić information content (AvgIpc) is 2.72. The number of ether oxygens (including phenoxy) is 1. The lowest BCUT2D eigenvalue weighted by Crippen LogP contribution is -2.12. The van der Waals surface area contributed by atoms with Gasteiger partial charge >= 0.3 is 5.97 Å². The van der Waals surface area contributed by atoms with Gasteiger partial charge < -0.3 is 4.74 Å². The summed E-state index contributed by atoms with van der Waals surface area (Å²) < 4.78 is 5.34. The number of halogens is 1. The fraction of sp³-hybridized carbons (Fsp3) is 0.0455. The first-order valence-corrected chi connectivity index (χ1v) is 8.52. The first-order chi connectivity index (χ1) is 13.1. The van der Waals surface area contributed by atoms with Crippen molar-refractivity contribution in [2.24, 2.45) is 0 Å². The molecule has 27 heavy (non-hydrogen) atoms.